The molecule has 0 saturated heterocycles. The second-order valence-corrected chi connectivity index (χ2v) is 5.18. The molecule has 3 nitrogen and oxygen atoms in total. The Labute approximate surface area is 116 Å². The van der Waals surface area contributed by atoms with E-state index in [1.807, 2.05) is 0 Å². The fraction of sp³-hybridized carbons (Fsp3) is 0.625. The molecule has 0 aliphatic heterocycles. The first-order valence-electron chi connectivity index (χ1n) is 7.38. The number of hydrogen-bond donors (Lipinski definition) is 2. The van der Waals surface area contributed by atoms with Crippen LogP contribution in [0.15, 0.2) is 24.3 Å². The average Bonchev–Trinajstić information content (AvgIpc) is 2.46. The summed E-state index contributed by atoms with van der Waals surface area (Å²) >= 11 is 0. The molecule has 1 aromatic carbocycles. The first kappa shape index (κ1) is 14.5. The summed E-state index contributed by atoms with van der Waals surface area (Å²) in [6.07, 6.45) is 4.60. The highest BCUT2D eigenvalue weighted by atomic mass is 16.5. The number of fused-ring (bicyclic) bond motifs is 1. The first-order chi connectivity index (χ1) is 9.35. The van der Waals surface area contributed by atoms with Gasteiger partial charge in [-0.05, 0) is 43.4 Å². The highest BCUT2D eigenvalue weighted by Crippen LogP contribution is 2.32. The summed E-state index contributed by atoms with van der Waals surface area (Å²) < 4.78 is 6.04. The van der Waals surface area contributed by atoms with Crippen molar-refractivity contribution in [2.45, 2.75) is 44.8 Å². The average molecular weight is 263 g/mol. The zero-order chi connectivity index (χ0) is 13.5. The van der Waals surface area contributed by atoms with E-state index in [0.717, 1.165) is 19.4 Å². The molecule has 1 aromatic rings. The van der Waals surface area contributed by atoms with Crippen LogP contribution in [-0.4, -0.2) is 30.9 Å². The molecule has 0 saturated carbocycles. The molecule has 0 bridgehead atoms. The lowest BCUT2D eigenvalue weighted by Gasteiger charge is -2.26. The summed E-state index contributed by atoms with van der Waals surface area (Å²) in [5.41, 5.74) is 2.79. The van der Waals surface area contributed by atoms with Gasteiger partial charge in [0.15, 0.2) is 0 Å². The zero-order valence-electron chi connectivity index (χ0n) is 11.8. The topological polar surface area (TPSA) is 41.5 Å². The molecular weight excluding hydrogens is 238 g/mol. The Morgan fingerprint density at radius 3 is 3.05 bits per heavy atom. The lowest BCUT2D eigenvalue weighted by atomic mass is 9.89. The van der Waals surface area contributed by atoms with Crippen molar-refractivity contribution in [1.82, 2.24) is 5.32 Å². The van der Waals surface area contributed by atoms with Crippen molar-refractivity contribution < 1.29 is 9.84 Å². The molecule has 0 radical (unpaired) electrons. The van der Waals surface area contributed by atoms with Gasteiger partial charge in [-0.2, -0.15) is 0 Å². The van der Waals surface area contributed by atoms with Crippen molar-refractivity contribution in [3.8, 4) is 0 Å². The number of hydrogen-bond acceptors (Lipinski definition) is 3. The molecule has 2 atom stereocenters. The molecule has 19 heavy (non-hydrogen) atoms. The number of aliphatic hydroxyl groups excluding tert-OH is 1. The van der Waals surface area contributed by atoms with E-state index in [-0.39, 0.29) is 18.8 Å². The predicted octanol–water partition coefficient (Wildman–Crippen LogP) is 2.44. The van der Waals surface area contributed by atoms with Gasteiger partial charge in [0.1, 0.15) is 0 Å². The van der Waals surface area contributed by atoms with Crippen LogP contribution in [0.3, 0.4) is 0 Å². The highest BCUT2D eigenvalue weighted by Gasteiger charge is 2.20. The van der Waals surface area contributed by atoms with Crippen molar-refractivity contribution in [2.24, 2.45) is 0 Å². The molecule has 3 heteroatoms. The van der Waals surface area contributed by atoms with Gasteiger partial charge in [0.2, 0.25) is 0 Å². The van der Waals surface area contributed by atoms with E-state index in [1.54, 1.807) is 0 Å². The molecule has 1 aliphatic rings. The second-order valence-electron chi connectivity index (χ2n) is 5.18. The van der Waals surface area contributed by atoms with Gasteiger partial charge in [-0.3, -0.25) is 0 Å². The number of nitrogens with one attached hydrogen (secondary N) is 1. The lowest BCUT2D eigenvalue weighted by molar-refractivity contribution is 0.0319. The minimum atomic E-state index is 0.156. The smallest absolute Gasteiger partial charge is 0.0827 e. The Kier molecular flexibility index (Phi) is 5.83. The molecule has 2 N–H and O–H groups in total. The molecule has 1 aliphatic carbocycles. The highest BCUT2D eigenvalue weighted by molar-refractivity contribution is 5.31. The number of ether oxygens (including phenoxy) is 1. The Bertz CT molecular complexity index is 381. The van der Waals surface area contributed by atoms with Gasteiger partial charge in [-0.1, -0.05) is 31.2 Å². The molecular formula is C16H25NO2. The zero-order valence-corrected chi connectivity index (χ0v) is 11.8. The van der Waals surface area contributed by atoms with Crippen molar-refractivity contribution in [3.63, 3.8) is 0 Å². The number of aliphatic hydroxyl groups is 1. The third kappa shape index (κ3) is 4.03. The first-order valence-corrected chi connectivity index (χ1v) is 7.38. The SMILES string of the molecule is CCNC(CO)CCOC1CCCc2ccccc21. The maximum absolute atomic E-state index is 9.23. The number of likely N-dealkylation sites (N-methyl/N-ethyl adjacent to an activating group) is 1. The molecule has 0 heterocycles. The Morgan fingerprint density at radius 1 is 1.42 bits per heavy atom. The maximum atomic E-state index is 9.23. The summed E-state index contributed by atoms with van der Waals surface area (Å²) in [5, 5.41) is 12.5. The molecule has 106 valence electrons. The third-order valence-corrected chi connectivity index (χ3v) is 3.81. The predicted molar refractivity (Wildman–Crippen MR) is 77.2 cm³/mol. The molecule has 2 unspecified atom stereocenters. The van der Waals surface area contributed by atoms with Gasteiger partial charge >= 0.3 is 0 Å². The normalized spacial score (nSPS) is 20.0. The minimum Gasteiger partial charge on any atom is -0.395 e. The summed E-state index contributed by atoms with van der Waals surface area (Å²) in [6.45, 7) is 3.83. The molecule has 0 amide bonds. The van der Waals surface area contributed by atoms with Crippen molar-refractivity contribution in [2.75, 3.05) is 19.8 Å². The van der Waals surface area contributed by atoms with E-state index < -0.39 is 0 Å². The summed E-state index contributed by atoms with van der Waals surface area (Å²) in [6, 6.07) is 8.75. The third-order valence-electron chi connectivity index (χ3n) is 3.81. The van der Waals surface area contributed by atoms with Gasteiger partial charge in [-0.15, -0.1) is 0 Å². The molecule has 0 spiro atoms. The standard InChI is InChI=1S/C16H25NO2/c1-2-17-14(12-18)10-11-19-16-9-5-7-13-6-3-4-8-15(13)16/h3-4,6,8,14,16-18H,2,5,7,9-12H2,1H3. The maximum Gasteiger partial charge on any atom is 0.0827 e. The lowest BCUT2D eigenvalue weighted by Crippen LogP contribution is -2.33. The van der Waals surface area contributed by atoms with Gasteiger partial charge in [0, 0.05) is 12.6 Å². The van der Waals surface area contributed by atoms with Crippen molar-refractivity contribution >= 4 is 0 Å². The summed E-state index contributed by atoms with van der Waals surface area (Å²) in [4.78, 5) is 0. The van der Waals surface area contributed by atoms with Crippen LogP contribution < -0.4 is 5.32 Å². The number of benzene rings is 1. The van der Waals surface area contributed by atoms with Gasteiger partial charge in [0.25, 0.3) is 0 Å². The van der Waals surface area contributed by atoms with Gasteiger partial charge < -0.3 is 15.2 Å². The van der Waals surface area contributed by atoms with E-state index in [1.165, 1.54) is 24.0 Å². The number of rotatable bonds is 7. The fourth-order valence-corrected chi connectivity index (χ4v) is 2.78. The van der Waals surface area contributed by atoms with Crippen LogP contribution in [0.25, 0.3) is 0 Å². The van der Waals surface area contributed by atoms with Crippen LogP contribution in [0.5, 0.6) is 0 Å². The molecule has 0 aromatic heterocycles. The Morgan fingerprint density at radius 2 is 2.26 bits per heavy atom. The van der Waals surface area contributed by atoms with E-state index in [4.69, 9.17) is 4.74 Å². The van der Waals surface area contributed by atoms with Crippen LogP contribution in [-0.2, 0) is 11.2 Å². The van der Waals surface area contributed by atoms with E-state index in [9.17, 15) is 5.11 Å². The molecule has 2 rings (SSSR count). The second kappa shape index (κ2) is 7.63. The van der Waals surface area contributed by atoms with E-state index in [0.29, 0.717) is 6.61 Å². The van der Waals surface area contributed by atoms with Crippen LogP contribution in [0, 0.1) is 0 Å². The van der Waals surface area contributed by atoms with E-state index in [2.05, 4.69) is 36.5 Å². The van der Waals surface area contributed by atoms with Crippen LogP contribution >= 0.6 is 0 Å². The van der Waals surface area contributed by atoms with Crippen LogP contribution in [0.1, 0.15) is 43.4 Å². The summed E-state index contributed by atoms with van der Waals surface area (Å²) in [5.74, 6) is 0. The van der Waals surface area contributed by atoms with Gasteiger partial charge in [0.05, 0.1) is 12.7 Å². The summed E-state index contributed by atoms with van der Waals surface area (Å²) in [7, 11) is 0. The Hall–Kier alpha value is -0.900. The van der Waals surface area contributed by atoms with Crippen LogP contribution in [0.4, 0.5) is 0 Å². The molecule has 0 fully saturated rings. The van der Waals surface area contributed by atoms with Crippen LogP contribution in [0.2, 0.25) is 0 Å². The minimum absolute atomic E-state index is 0.156. The van der Waals surface area contributed by atoms with Crippen molar-refractivity contribution in [3.05, 3.63) is 35.4 Å². The Balaban J connectivity index is 1.84. The number of aryl methyl sites for hydroxylation is 1. The van der Waals surface area contributed by atoms with Gasteiger partial charge in [-0.25, -0.2) is 0 Å². The largest absolute Gasteiger partial charge is 0.395 e. The van der Waals surface area contributed by atoms with Crippen molar-refractivity contribution in [1.29, 1.82) is 0 Å². The quantitative estimate of drug-likeness (QED) is 0.794. The van der Waals surface area contributed by atoms with E-state index >= 15 is 0 Å². The monoisotopic (exact) mass is 263 g/mol. The fourth-order valence-electron chi connectivity index (χ4n) is 2.78.